The van der Waals surface area contributed by atoms with Crippen LogP contribution in [0.15, 0.2) is 36.9 Å². The van der Waals surface area contributed by atoms with Crippen LogP contribution in [0.3, 0.4) is 0 Å². The molecule has 0 amide bonds. The maximum Gasteiger partial charge on any atom is 0.191 e. The number of anilines is 1. The molecule has 0 spiro atoms. The SMILES string of the molecule is C=C[C@@H](CCO[Si](C)(C)C(C)(C)C)Nc1ccc(OC)cc1. The molecule has 0 fully saturated rings. The van der Waals surface area contributed by atoms with Gasteiger partial charge in [-0.15, -0.1) is 6.58 Å². The van der Waals surface area contributed by atoms with Gasteiger partial charge in [-0.05, 0) is 48.8 Å². The number of methoxy groups -OCH3 is 1. The van der Waals surface area contributed by atoms with Crippen LogP contribution >= 0.6 is 0 Å². The van der Waals surface area contributed by atoms with Gasteiger partial charge in [0.15, 0.2) is 8.32 Å². The highest BCUT2D eigenvalue weighted by atomic mass is 28.4. The summed E-state index contributed by atoms with van der Waals surface area (Å²) in [6, 6.07) is 8.15. The summed E-state index contributed by atoms with van der Waals surface area (Å²) < 4.78 is 11.4. The molecule has 1 N–H and O–H groups in total. The minimum atomic E-state index is -1.67. The van der Waals surface area contributed by atoms with Gasteiger partial charge in [-0.3, -0.25) is 0 Å². The van der Waals surface area contributed by atoms with Crippen molar-refractivity contribution in [1.29, 1.82) is 0 Å². The minimum Gasteiger partial charge on any atom is -0.497 e. The third kappa shape index (κ3) is 5.50. The lowest BCUT2D eigenvalue weighted by Crippen LogP contribution is -2.41. The van der Waals surface area contributed by atoms with E-state index in [1.807, 2.05) is 30.3 Å². The van der Waals surface area contributed by atoms with Gasteiger partial charge in [0.2, 0.25) is 0 Å². The number of benzene rings is 1. The zero-order valence-electron chi connectivity index (χ0n) is 14.9. The normalized spacial score (nSPS) is 13.5. The summed E-state index contributed by atoms with van der Waals surface area (Å²) in [6.45, 7) is 16.0. The molecule has 0 bridgehead atoms. The summed E-state index contributed by atoms with van der Waals surface area (Å²) in [5, 5.41) is 3.72. The molecule has 0 aliphatic rings. The fraction of sp³-hybridized carbons (Fsp3) is 0.556. The van der Waals surface area contributed by atoms with Crippen molar-refractivity contribution < 1.29 is 9.16 Å². The largest absolute Gasteiger partial charge is 0.497 e. The topological polar surface area (TPSA) is 30.5 Å². The number of hydrogen-bond acceptors (Lipinski definition) is 3. The van der Waals surface area contributed by atoms with Crippen LogP contribution in [0.4, 0.5) is 5.69 Å². The van der Waals surface area contributed by atoms with Crippen LogP contribution in [0.25, 0.3) is 0 Å². The Morgan fingerprint density at radius 2 is 1.82 bits per heavy atom. The Kier molecular flexibility index (Phi) is 6.69. The zero-order chi connectivity index (χ0) is 16.8. The van der Waals surface area contributed by atoms with Gasteiger partial charge in [-0.2, -0.15) is 0 Å². The van der Waals surface area contributed by atoms with E-state index in [9.17, 15) is 0 Å². The lowest BCUT2D eigenvalue weighted by molar-refractivity contribution is 0.280. The number of rotatable bonds is 8. The second kappa shape index (κ2) is 7.84. The van der Waals surface area contributed by atoms with E-state index < -0.39 is 8.32 Å². The van der Waals surface area contributed by atoms with Gasteiger partial charge in [0, 0.05) is 18.3 Å². The highest BCUT2D eigenvalue weighted by molar-refractivity contribution is 6.74. The second-order valence-corrected chi connectivity index (χ2v) is 11.9. The number of hydrogen-bond donors (Lipinski definition) is 1. The van der Waals surface area contributed by atoms with E-state index >= 15 is 0 Å². The molecule has 1 atom stereocenters. The van der Waals surface area contributed by atoms with Crippen molar-refractivity contribution in [3.8, 4) is 5.75 Å². The maximum atomic E-state index is 6.23. The van der Waals surface area contributed by atoms with E-state index in [1.54, 1.807) is 7.11 Å². The van der Waals surface area contributed by atoms with E-state index in [-0.39, 0.29) is 11.1 Å². The average molecular weight is 322 g/mol. The van der Waals surface area contributed by atoms with Crippen molar-refractivity contribution in [2.45, 2.75) is 51.4 Å². The van der Waals surface area contributed by atoms with E-state index in [1.165, 1.54) is 0 Å². The monoisotopic (exact) mass is 321 g/mol. The van der Waals surface area contributed by atoms with E-state index in [0.29, 0.717) is 0 Å². The van der Waals surface area contributed by atoms with Crippen molar-refractivity contribution in [1.82, 2.24) is 0 Å². The summed E-state index contributed by atoms with van der Waals surface area (Å²) in [6.07, 6.45) is 2.86. The summed E-state index contributed by atoms with van der Waals surface area (Å²) in [7, 11) is 0.00626. The fourth-order valence-corrected chi connectivity index (χ4v) is 2.87. The zero-order valence-corrected chi connectivity index (χ0v) is 15.9. The van der Waals surface area contributed by atoms with E-state index in [0.717, 1.165) is 24.5 Å². The van der Waals surface area contributed by atoms with E-state index in [2.05, 4.69) is 45.8 Å². The number of ether oxygens (including phenoxy) is 1. The second-order valence-electron chi connectivity index (χ2n) is 7.11. The van der Waals surface area contributed by atoms with Crippen LogP contribution in [0.2, 0.25) is 18.1 Å². The van der Waals surface area contributed by atoms with Gasteiger partial charge < -0.3 is 14.5 Å². The van der Waals surface area contributed by atoms with Gasteiger partial charge in [0.05, 0.1) is 7.11 Å². The Hall–Kier alpha value is -1.26. The minimum absolute atomic E-state index is 0.207. The standard InChI is InChI=1S/C18H31NO2Si/c1-8-15(13-14-21-22(6,7)18(2,3)4)19-16-9-11-17(20-5)12-10-16/h8-12,15,19H,1,13-14H2,2-7H3/t15-/m0/s1. The van der Waals surface area contributed by atoms with Crippen LogP contribution < -0.4 is 10.1 Å². The van der Waals surface area contributed by atoms with Crippen molar-refractivity contribution >= 4 is 14.0 Å². The van der Waals surface area contributed by atoms with Crippen molar-refractivity contribution in [3.63, 3.8) is 0 Å². The third-order valence-corrected chi connectivity index (χ3v) is 8.96. The van der Waals surface area contributed by atoms with Crippen LogP contribution in [0, 0.1) is 0 Å². The van der Waals surface area contributed by atoms with Gasteiger partial charge >= 0.3 is 0 Å². The first-order chi connectivity index (χ1) is 10.2. The molecule has 0 unspecified atom stereocenters. The molecule has 4 heteroatoms. The molecule has 1 aromatic rings. The molecule has 22 heavy (non-hydrogen) atoms. The first-order valence-corrected chi connectivity index (χ1v) is 10.8. The van der Waals surface area contributed by atoms with Crippen LogP contribution in [-0.2, 0) is 4.43 Å². The molecule has 0 saturated heterocycles. The molecule has 3 nitrogen and oxygen atoms in total. The highest BCUT2D eigenvalue weighted by Crippen LogP contribution is 2.36. The van der Waals surface area contributed by atoms with Crippen LogP contribution in [0.1, 0.15) is 27.2 Å². The molecule has 0 aliphatic carbocycles. The fourth-order valence-electron chi connectivity index (χ4n) is 1.81. The molecule has 1 aromatic carbocycles. The molecule has 0 aromatic heterocycles. The van der Waals surface area contributed by atoms with Crippen molar-refractivity contribution in [3.05, 3.63) is 36.9 Å². The smallest absolute Gasteiger partial charge is 0.191 e. The maximum absolute atomic E-state index is 6.23. The predicted octanol–water partition coefficient (Wildman–Crippen LogP) is 5.07. The predicted molar refractivity (Wildman–Crippen MR) is 98.4 cm³/mol. The molecule has 0 radical (unpaired) electrons. The molecular weight excluding hydrogens is 290 g/mol. The van der Waals surface area contributed by atoms with Gasteiger partial charge in [0.1, 0.15) is 5.75 Å². The number of nitrogens with one attached hydrogen (secondary N) is 1. The molecule has 0 saturated carbocycles. The Morgan fingerprint density at radius 3 is 2.27 bits per heavy atom. The highest BCUT2D eigenvalue weighted by Gasteiger charge is 2.36. The molecule has 124 valence electrons. The lowest BCUT2D eigenvalue weighted by atomic mass is 10.2. The van der Waals surface area contributed by atoms with Gasteiger partial charge in [-0.25, -0.2) is 0 Å². The Bertz CT molecular complexity index is 463. The summed E-state index contributed by atoms with van der Waals surface area (Å²) in [5.41, 5.74) is 1.07. The summed E-state index contributed by atoms with van der Waals surface area (Å²) in [5.74, 6) is 0.863. The van der Waals surface area contributed by atoms with Crippen LogP contribution in [0.5, 0.6) is 5.75 Å². The first kappa shape index (κ1) is 18.8. The Balaban J connectivity index is 2.50. The summed E-state index contributed by atoms with van der Waals surface area (Å²) >= 11 is 0. The molecular formula is C18H31NO2Si. The van der Waals surface area contributed by atoms with Crippen molar-refractivity contribution in [2.75, 3.05) is 19.0 Å². The molecule has 0 aliphatic heterocycles. The Morgan fingerprint density at radius 1 is 1.23 bits per heavy atom. The molecule has 0 heterocycles. The van der Waals surface area contributed by atoms with Crippen LogP contribution in [-0.4, -0.2) is 28.1 Å². The first-order valence-electron chi connectivity index (χ1n) is 7.87. The summed E-state index contributed by atoms with van der Waals surface area (Å²) in [4.78, 5) is 0. The quantitative estimate of drug-likeness (QED) is 0.535. The van der Waals surface area contributed by atoms with Gasteiger partial charge in [0.25, 0.3) is 0 Å². The Labute approximate surface area is 136 Å². The van der Waals surface area contributed by atoms with E-state index in [4.69, 9.17) is 9.16 Å². The average Bonchev–Trinajstić information content (AvgIpc) is 2.45. The van der Waals surface area contributed by atoms with Gasteiger partial charge in [-0.1, -0.05) is 26.8 Å². The van der Waals surface area contributed by atoms with Crippen molar-refractivity contribution in [2.24, 2.45) is 0 Å². The third-order valence-electron chi connectivity index (χ3n) is 4.42. The lowest BCUT2D eigenvalue weighted by Gasteiger charge is -2.36. The molecule has 1 rings (SSSR count).